The minimum absolute atomic E-state index is 0.649. The summed E-state index contributed by atoms with van der Waals surface area (Å²) in [6.07, 6.45) is 1.28. The smallest absolute Gasteiger partial charge is 0.0178 e. The number of nitrogens with zero attached hydrogens (tertiary/aromatic N) is 1. The molecule has 1 fully saturated rings. The molecule has 0 aromatic heterocycles. The average molecular weight is 190 g/mol. The van der Waals surface area contributed by atoms with Crippen LogP contribution in [0.5, 0.6) is 0 Å². The van der Waals surface area contributed by atoms with E-state index in [0.29, 0.717) is 12.5 Å². The lowest BCUT2D eigenvalue weighted by molar-refractivity contribution is 0.411. The Morgan fingerprint density at radius 1 is 1.50 bits per heavy atom. The zero-order valence-corrected chi connectivity index (χ0v) is 8.74. The van der Waals surface area contributed by atoms with Gasteiger partial charge in [0.2, 0.25) is 0 Å². The highest BCUT2D eigenvalue weighted by molar-refractivity contribution is 5.27. The van der Waals surface area contributed by atoms with Crippen LogP contribution in [0.25, 0.3) is 0 Å². The van der Waals surface area contributed by atoms with Crippen LogP contribution in [0.4, 0.5) is 0 Å². The van der Waals surface area contributed by atoms with Crippen LogP contribution >= 0.6 is 0 Å². The molecule has 1 atom stereocenters. The van der Waals surface area contributed by atoms with Gasteiger partial charge in [0.1, 0.15) is 0 Å². The summed E-state index contributed by atoms with van der Waals surface area (Å²) in [5.74, 6) is 0.714. The van der Waals surface area contributed by atoms with Crippen LogP contribution in [0, 0.1) is 0 Å². The van der Waals surface area contributed by atoms with E-state index in [4.69, 9.17) is 5.73 Å². The fourth-order valence-corrected chi connectivity index (χ4v) is 2.18. The first kappa shape index (κ1) is 9.69. The van der Waals surface area contributed by atoms with E-state index in [1.54, 1.807) is 0 Å². The van der Waals surface area contributed by atoms with Gasteiger partial charge in [0, 0.05) is 13.1 Å². The lowest BCUT2D eigenvalue weighted by Gasteiger charge is -2.11. The molecular weight excluding hydrogens is 172 g/mol. The largest absolute Gasteiger partial charge is 0.326 e. The maximum absolute atomic E-state index is 5.63. The summed E-state index contributed by atoms with van der Waals surface area (Å²) in [5, 5.41) is 0. The molecule has 1 heterocycles. The van der Waals surface area contributed by atoms with Crippen LogP contribution in [0.15, 0.2) is 24.3 Å². The standard InChI is InChI=1S/C12H18N2/c1-14-6-5-12(9-14)11-4-2-3-10(7-11)8-13/h2-4,7,12H,5-6,8-9,13H2,1H3. The number of hydrogen-bond donors (Lipinski definition) is 1. The van der Waals surface area contributed by atoms with Gasteiger partial charge in [-0.25, -0.2) is 0 Å². The molecule has 2 rings (SSSR count). The molecular formula is C12H18N2. The summed E-state index contributed by atoms with van der Waals surface area (Å²) in [4.78, 5) is 2.39. The average Bonchev–Trinajstić information content (AvgIpc) is 2.65. The Hall–Kier alpha value is -0.860. The predicted molar refractivity (Wildman–Crippen MR) is 59.2 cm³/mol. The van der Waals surface area contributed by atoms with E-state index in [2.05, 4.69) is 36.2 Å². The minimum atomic E-state index is 0.649. The van der Waals surface area contributed by atoms with Gasteiger partial charge in [-0.3, -0.25) is 0 Å². The fraction of sp³-hybridized carbons (Fsp3) is 0.500. The van der Waals surface area contributed by atoms with Crippen molar-refractivity contribution >= 4 is 0 Å². The van der Waals surface area contributed by atoms with Crippen molar-refractivity contribution in [2.45, 2.75) is 18.9 Å². The Morgan fingerprint density at radius 3 is 3.00 bits per heavy atom. The van der Waals surface area contributed by atoms with Crippen LogP contribution in [0.1, 0.15) is 23.5 Å². The van der Waals surface area contributed by atoms with Gasteiger partial charge < -0.3 is 10.6 Å². The molecule has 0 aliphatic carbocycles. The van der Waals surface area contributed by atoms with Gasteiger partial charge >= 0.3 is 0 Å². The van der Waals surface area contributed by atoms with Crippen LogP contribution in [-0.2, 0) is 6.54 Å². The molecule has 1 saturated heterocycles. The Bertz CT molecular complexity index is 309. The molecule has 0 radical (unpaired) electrons. The number of hydrogen-bond acceptors (Lipinski definition) is 2. The van der Waals surface area contributed by atoms with E-state index in [1.807, 2.05) is 0 Å². The van der Waals surface area contributed by atoms with Gasteiger partial charge in [0.15, 0.2) is 0 Å². The van der Waals surface area contributed by atoms with Gasteiger partial charge in [-0.1, -0.05) is 24.3 Å². The quantitative estimate of drug-likeness (QED) is 0.767. The minimum Gasteiger partial charge on any atom is -0.326 e. The van der Waals surface area contributed by atoms with Crippen LogP contribution < -0.4 is 5.73 Å². The van der Waals surface area contributed by atoms with Gasteiger partial charge in [-0.15, -0.1) is 0 Å². The molecule has 0 saturated carbocycles. The van der Waals surface area contributed by atoms with Crippen molar-refractivity contribution in [2.24, 2.45) is 5.73 Å². The van der Waals surface area contributed by atoms with Gasteiger partial charge in [-0.2, -0.15) is 0 Å². The molecule has 0 spiro atoms. The zero-order valence-electron chi connectivity index (χ0n) is 8.74. The summed E-state index contributed by atoms with van der Waals surface area (Å²) in [7, 11) is 2.19. The molecule has 0 amide bonds. The maximum Gasteiger partial charge on any atom is 0.0178 e. The van der Waals surface area contributed by atoms with Crippen molar-refractivity contribution in [2.75, 3.05) is 20.1 Å². The molecule has 1 aliphatic rings. The zero-order chi connectivity index (χ0) is 9.97. The highest BCUT2D eigenvalue weighted by Crippen LogP contribution is 2.26. The van der Waals surface area contributed by atoms with Crippen molar-refractivity contribution in [3.63, 3.8) is 0 Å². The number of nitrogens with two attached hydrogens (primary N) is 1. The third-order valence-corrected chi connectivity index (χ3v) is 3.05. The van der Waals surface area contributed by atoms with E-state index in [-0.39, 0.29) is 0 Å². The molecule has 1 aromatic carbocycles. The van der Waals surface area contributed by atoms with Crippen molar-refractivity contribution in [1.29, 1.82) is 0 Å². The molecule has 14 heavy (non-hydrogen) atoms. The first-order valence-corrected chi connectivity index (χ1v) is 5.27. The fourth-order valence-electron chi connectivity index (χ4n) is 2.18. The topological polar surface area (TPSA) is 29.3 Å². The summed E-state index contributed by atoms with van der Waals surface area (Å²) < 4.78 is 0. The second-order valence-corrected chi connectivity index (χ2v) is 4.20. The molecule has 76 valence electrons. The summed E-state index contributed by atoms with van der Waals surface area (Å²) in [6, 6.07) is 8.70. The molecule has 1 unspecified atom stereocenters. The van der Waals surface area contributed by atoms with Gasteiger partial charge in [-0.05, 0) is 37.1 Å². The van der Waals surface area contributed by atoms with Crippen LogP contribution in [-0.4, -0.2) is 25.0 Å². The van der Waals surface area contributed by atoms with Crippen molar-refractivity contribution in [1.82, 2.24) is 4.90 Å². The lowest BCUT2D eigenvalue weighted by atomic mass is 9.97. The van der Waals surface area contributed by atoms with E-state index in [9.17, 15) is 0 Å². The lowest BCUT2D eigenvalue weighted by Crippen LogP contribution is -2.13. The number of likely N-dealkylation sites (tertiary alicyclic amines) is 1. The molecule has 2 nitrogen and oxygen atoms in total. The summed E-state index contributed by atoms with van der Waals surface area (Å²) in [6.45, 7) is 3.06. The predicted octanol–water partition coefficient (Wildman–Crippen LogP) is 1.56. The second-order valence-electron chi connectivity index (χ2n) is 4.20. The summed E-state index contributed by atoms with van der Waals surface area (Å²) >= 11 is 0. The number of benzene rings is 1. The SMILES string of the molecule is CN1CCC(c2cccc(CN)c2)C1. The second kappa shape index (κ2) is 4.11. The first-order chi connectivity index (χ1) is 6.79. The molecule has 1 aromatic rings. The Kier molecular flexibility index (Phi) is 2.85. The van der Waals surface area contributed by atoms with Crippen LogP contribution in [0.3, 0.4) is 0 Å². The molecule has 1 aliphatic heterocycles. The first-order valence-electron chi connectivity index (χ1n) is 5.27. The van der Waals surface area contributed by atoms with Gasteiger partial charge in [0.05, 0.1) is 0 Å². The van der Waals surface area contributed by atoms with E-state index in [1.165, 1.54) is 30.6 Å². The third-order valence-electron chi connectivity index (χ3n) is 3.05. The Labute approximate surface area is 85.7 Å². The Morgan fingerprint density at radius 2 is 2.36 bits per heavy atom. The van der Waals surface area contributed by atoms with Crippen molar-refractivity contribution in [3.8, 4) is 0 Å². The van der Waals surface area contributed by atoms with E-state index in [0.717, 1.165) is 0 Å². The van der Waals surface area contributed by atoms with E-state index >= 15 is 0 Å². The third kappa shape index (κ3) is 1.97. The van der Waals surface area contributed by atoms with Gasteiger partial charge in [0.25, 0.3) is 0 Å². The van der Waals surface area contributed by atoms with Crippen molar-refractivity contribution in [3.05, 3.63) is 35.4 Å². The molecule has 0 bridgehead atoms. The summed E-state index contributed by atoms with van der Waals surface area (Å²) in [5.41, 5.74) is 8.34. The Balaban J connectivity index is 2.15. The monoisotopic (exact) mass is 190 g/mol. The van der Waals surface area contributed by atoms with E-state index < -0.39 is 0 Å². The normalized spacial score (nSPS) is 22.9. The highest BCUT2D eigenvalue weighted by Gasteiger charge is 2.20. The van der Waals surface area contributed by atoms with Crippen molar-refractivity contribution < 1.29 is 0 Å². The number of likely N-dealkylation sites (N-methyl/N-ethyl adjacent to an activating group) is 1. The molecule has 2 N–H and O–H groups in total. The number of rotatable bonds is 2. The molecule has 2 heteroatoms. The maximum atomic E-state index is 5.63. The van der Waals surface area contributed by atoms with Crippen LogP contribution in [0.2, 0.25) is 0 Å². The highest BCUT2D eigenvalue weighted by atomic mass is 15.1.